The molecule has 1 aliphatic rings. The zero-order valence-electron chi connectivity index (χ0n) is 13.5. The predicted octanol–water partition coefficient (Wildman–Crippen LogP) is 0.680. The molecule has 0 aromatic heterocycles. The first-order valence-electron chi connectivity index (χ1n) is 8.49. The van der Waals surface area contributed by atoms with Crippen molar-refractivity contribution in [2.75, 3.05) is 6.61 Å². The van der Waals surface area contributed by atoms with Gasteiger partial charge in [0.05, 0.1) is 6.61 Å². The molecule has 22 heavy (non-hydrogen) atoms. The molecule has 0 aliphatic carbocycles. The second-order valence-corrected chi connectivity index (χ2v) is 6.38. The fourth-order valence-corrected chi connectivity index (χ4v) is 3.02. The van der Waals surface area contributed by atoms with E-state index in [-0.39, 0.29) is 0 Å². The van der Waals surface area contributed by atoms with Crippen LogP contribution in [0.15, 0.2) is 0 Å². The largest absolute Gasteiger partial charge is 0.393 e. The Morgan fingerprint density at radius 1 is 0.818 bits per heavy atom. The second kappa shape index (κ2) is 9.80. The standard InChI is InChI=1S/C16H32O6/c1-2-3-4-5-6-7-8-9-10-16(11-17)14(20)12(18)13(19)15(21)22-16/h12-15,17-21H,2-11H2,1H3/t12-,13-,14+,15?,16-/m1/s1. The van der Waals surface area contributed by atoms with E-state index in [0.717, 1.165) is 19.3 Å². The number of unbranched alkanes of at least 4 members (excludes halogenated alkanes) is 7. The molecule has 0 saturated carbocycles. The van der Waals surface area contributed by atoms with E-state index in [2.05, 4.69) is 6.92 Å². The summed E-state index contributed by atoms with van der Waals surface area (Å²) in [4.78, 5) is 0. The lowest BCUT2D eigenvalue weighted by molar-refractivity contribution is -0.328. The topological polar surface area (TPSA) is 110 Å². The maximum atomic E-state index is 10.1. The van der Waals surface area contributed by atoms with Crippen LogP contribution in [0.25, 0.3) is 0 Å². The number of hydrogen-bond acceptors (Lipinski definition) is 6. The highest BCUT2D eigenvalue weighted by Gasteiger charge is 2.52. The lowest BCUT2D eigenvalue weighted by Crippen LogP contribution is -2.65. The molecule has 1 saturated heterocycles. The van der Waals surface area contributed by atoms with E-state index in [1.807, 2.05) is 0 Å². The van der Waals surface area contributed by atoms with Gasteiger partial charge in [0.25, 0.3) is 0 Å². The average molecular weight is 320 g/mol. The van der Waals surface area contributed by atoms with Gasteiger partial charge in [0.2, 0.25) is 0 Å². The van der Waals surface area contributed by atoms with Gasteiger partial charge in [-0.3, -0.25) is 0 Å². The number of aliphatic hydroxyl groups is 5. The molecular weight excluding hydrogens is 288 g/mol. The third-order valence-electron chi connectivity index (χ3n) is 4.58. The maximum absolute atomic E-state index is 10.1. The van der Waals surface area contributed by atoms with E-state index in [1.54, 1.807) is 0 Å². The molecule has 6 heteroatoms. The molecule has 1 rings (SSSR count). The quantitative estimate of drug-likeness (QED) is 0.379. The fourth-order valence-electron chi connectivity index (χ4n) is 3.02. The summed E-state index contributed by atoms with van der Waals surface area (Å²) < 4.78 is 5.22. The minimum absolute atomic E-state index is 0.334. The van der Waals surface area contributed by atoms with E-state index in [1.165, 1.54) is 32.1 Å². The molecule has 5 N–H and O–H groups in total. The monoisotopic (exact) mass is 320 g/mol. The van der Waals surface area contributed by atoms with Gasteiger partial charge in [-0.2, -0.15) is 0 Å². The van der Waals surface area contributed by atoms with Crippen molar-refractivity contribution in [1.82, 2.24) is 0 Å². The summed E-state index contributed by atoms with van der Waals surface area (Å²) in [5.41, 5.74) is -1.40. The molecule has 0 aromatic carbocycles. The highest BCUT2D eigenvalue weighted by atomic mass is 16.6. The van der Waals surface area contributed by atoms with E-state index < -0.39 is 36.8 Å². The molecular formula is C16H32O6. The molecule has 0 bridgehead atoms. The molecule has 6 nitrogen and oxygen atoms in total. The minimum atomic E-state index is -1.60. The van der Waals surface area contributed by atoms with Crippen molar-refractivity contribution in [3.05, 3.63) is 0 Å². The summed E-state index contributed by atoms with van der Waals surface area (Å²) in [6.07, 6.45) is 3.13. The molecule has 1 heterocycles. The summed E-state index contributed by atoms with van der Waals surface area (Å²) in [7, 11) is 0. The van der Waals surface area contributed by atoms with Crippen LogP contribution in [0.5, 0.6) is 0 Å². The van der Waals surface area contributed by atoms with Gasteiger partial charge in [0, 0.05) is 0 Å². The third-order valence-corrected chi connectivity index (χ3v) is 4.58. The van der Waals surface area contributed by atoms with Crippen LogP contribution >= 0.6 is 0 Å². The summed E-state index contributed by atoms with van der Waals surface area (Å²) in [6.45, 7) is 1.68. The van der Waals surface area contributed by atoms with Crippen molar-refractivity contribution >= 4 is 0 Å². The molecule has 0 radical (unpaired) electrons. The third kappa shape index (κ3) is 5.15. The van der Waals surface area contributed by atoms with Gasteiger partial charge in [-0.1, -0.05) is 58.3 Å². The number of aliphatic hydroxyl groups excluding tert-OH is 5. The molecule has 1 fully saturated rings. The number of ether oxygens (including phenoxy) is 1. The minimum Gasteiger partial charge on any atom is -0.393 e. The Labute approximate surface area is 132 Å². The van der Waals surface area contributed by atoms with Crippen LogP contribution < -0.4 is 0 Å². The van der Waals surface area contributed by atoms with E-state index >= 15 is 0 Å². The predicted molar refractivity (Wildman–Crippen MR) is 82.2 cm³/mol. The summed E-state index contributed by atoms with van der Waals surface area (Å²) in [5, 5.41) is 48.5. The fraction of sp³-hybridized carbons (Fsp3) is 1.00. The van der Waals surface area contributed by atoms with Gasteiger partial charge in [-0.25, -0.2) is 0 Å². The molecule has 132 valence electrons. The Kier molecular flexibility index (Phi) is 8.82. The first kappa shape index (κ1) is 19.8. The van der Waals surface area contributed by atoms with E-state index in [4.69, 9.17) is 4.74 Å². The van der Waals surface area contributed by atoms with Gasteiger partial charge in [0.15, 0.2) is 6.29 Å². The van der Waals surface area contributed by atoms with Crippen LogP contribution in [-0.2, 0) is 4.74 Å². The van der Waals surface area contributed by atoms with Crippen LogP contribution in [0.1, 0.15) is 64.7 Å². The van der Waals surface area contributed by atoms with E-state index in [9.17, 15) is 25.5 Å². The summed E-state index contributed by atoms with van der Waals surface area (Å²) in [5.74, 6) is 0. The first-order valence-corrected chi connectivity index (χ1v) is 8.49. The first-order chi connectivity index (χ1) is 10.5. The second-order valence-electron chi connectivity index (χ2n) is 6.38. The Balaban J connectivity index is 2.34. The maximum Gasteiger partial charge on any atom is 0.184 e. The van der Waals surface area contributed by atoms with Crippen molar-refractivity contribution in [3.8, 4) is 0 Å². The van der Waals surface area contributed by atoms with Gasteiger partial charge in [-0.15, -0.1) is 0 Å². The molecule has 0 amide bonds. The van der Waals surface area contributed by atoms with Crippen molar-refractivity contribution in [3.63, 3.8) is 0 Å². The van der Waals surface area contributed by atoms with Crippen LogP contribution in [-0.4, -0.2) is 62.3 Å². The van der Waals surface area contributed by atoms with Crippen molar-refractivity contribution in [2.24, 2.45) is 0 Å². The van der Waals surface area contributed by atoms with Gasteiger partial charge in [0.1, 0.15) is 23.9 Å². The highest BCUT2D eigenvalue weighted by Crippen LogP contribution is 2.33. The van der Waals surface area contributed by atoms with Crippen LogP contribution in [0.4, 0.5) is 0 Å². The average Bonchev–Trinajstić information content (AvgIpc) is 2.52. The molecule has 5 atom stereocenters. The molecule has 1 unspecified atom stereocenters. The smallest absolute Gasteiger partial charge is 0.184 e. The molecule has 0 aromatic rings. The van der Waals surface area contributed by atoms with Crippen molar-refractivity contribution in [2.45, 2.75) is 94.9 Å². The zero-order chi connectivity index (χ0) is 16.6. The Bertz CT molecular complexity index is 300. The van der Waals surface area contributed by atoms with Gasteiger partial charge >= 0.3 is 0 Å². The summed E-state index contributed by atoms with van der Waals surface area (Å²) in [6, 6.07) is 0. The Hall–Kier alpha value is -0.240. The van der Waals surface area contributed by atoms with Crippen LogP contribution in [0.2, 0.25) is 0 Å². The highest BCUT2D eigenvalue weighted by molar-refractivity contribution is 4.99. The summed E-state index contributed by atoms with van der Waals surface area (Å²) >= 11 is 0. The lowest BCUT2D eigenvalue weighted by Gasteiger charge is -2.46. The number of hydrogen-bond donors (Lipinski definition) is 5. The normalized spacial score (nSPS) is 35.7. The van der Waals surface area contributed by atoms with Gasteiger partial charge < -0.3 is 30.3 Å². The van der Waals surface area contributed by atoms with Crippen LogP contribution in [0, 0.1) is 0 Å². The number of rotatable bonds is 10. The van der Waals surface area contributed by atoms with Crippen LogP contribution in [0.3, 0.4) is 0 Å². The molecule has 1 aliphatic heterocycles. The SMILES string of the molecule is CCCCCCCCCC[C@]1(CO)OC(O)[C@H](O)[C@@H](O)[C@@H]1O. The molecule has 0 spiro atoms. The van der Waals surface area contributed by atoms with Crippen molar-refractivity contribution < 1.29 is 30.3 Å². The zero-order valence-corrected chi connectivity index (χ0v) is 13.5. The Morgan fingerprint density at radius 2 is 1.36 bits per heavy atom. The Morgan fingerprint density at radius 3 is 1.91 bits per heavy atom. The van der Waals surface area contributed by atoms with Gasteiger partial charge in [-0.05, 0) is 6.42 Å². The van der Waals surface area contributed by atoms with E-state index in [0.29, 0.717) is 6.42 Å². The van der Waals surface area contributed by atoms with Crippen molar-refractivity contribution in [1.29, 1.82) is 0 Å². The lowest BCUT2D eigenvalue weighted by atomic mass is 9.83.